The summed E-state index contributed by atoms with van der Waals surface area (Å²) in [5, 5.41) is 10.8. The van der Waals surface area contributed by atoms with Crippen molar-refractivity contribution < 1.29 is 19.1 Å². The van der Waals surface area contributed by atoms with Crippen LogP contribution in [0.15, 0.2) is 18.2 Å². The minimum atomic E-state index is -0.665. The maximum atomic E-state index is 13.2. The largest absolute Gasteiger partial charge is 0.497 e. The number of benzene rings is 1. The summed E-state index contributed by atoms with van der Waals surface area (Å²) in [6.45, 7) is 2.31. The Morgan fingerprint density at radius 3 is 2.65 bits per heavy atom. The molecule has 0 saturated heterocycles. The Morgan fingerprint density at radius 2 is 2.00 bits per heavy atom. The molecule has 1 aliphatic rings. The molecule has 26 heavy (non-hydrogen) atoms. The van der Waals surface area contributed by atoms with Gasteiger partial charge in [0.15, 0.2) is 5.82 Å². The number of carbonyl (C=O) groups is 2. The van der Waals surface area contributed by atoms with Gasteiger partial charge >= 0.3 is 0 Å². The molecule has 0 radical (unpaired) electrons. The lowest BCUT2D eigenvalue weighted by Gasteiger charge is -2.35. The zero-order valence-electron chi connectivity index (χ0n) is 15.1. The number of hydrogen-bond donors (Lipinski definition) is 1. The van der Waals surface area contributed by atoms with Crippen molar-refractivity contribution in [2.24, 2.45) is 0 Å². The van der Waals surface area contributed by atoms with E-state index in [4.69, 9.17) is 9.47 Å². The van der Waals surface area contributed by atoms with Crippen molar-refractivity contribution in [3.63, 3.8) is 0 Å². The summed E-state index contributed by atoms with van der Waals surface area (Å²) in [5.41, 5.74) is 0.354. The smallest absolute Gasteiger partial charge is 0.258 e. The van der Waals surface area contributed by atoms with Gasteiger partial charge in [0.05, 0.1) is 32.9 Å². The van der Waals surface area contributed by atoms with Gasteiger partial charge in [-0.1, -0.05) is 0 Å². The van der Waals surface area contributed by atoms with Gasteiger partial charge in [0.2, 0.25) is 5.91 Å². The van der Waals surface area contributed by atoms with Crippen molar-refractivity contribution in [2.75, 3.05) is 21.3 Å². The molecular weight excluding hydrogens is 338 g/mol. The summed E-state index contributed by atoms with van der Waals surface area (Å²) in [6, 6.07) is 4.28. The first-order valence-corrected chi connectivity index (χ1v) is 8.13. The van der Waals surface area contributed by atoms with Crippen LogP contribution >= 0.6 is 0 Å². The number of likely N-dealkylation sites (N-methyl/N-ethyl adjacent to an activating group) is 1. The van der Waals surface area contributed by atoms with E-state index in [0.717, 1.165) is 0 Å². The quantitative estimate of drug-likeness (QED) is 0.847. The number of ether oxygens (including phenoxy) is 2. The highest BCUT2D eigenvalue weighted by Gasteiger charge is 2.37. The Labute approximate surface area is 150 Å². The van der Waals surface area contributed by atoms with Crippen molar-refractivity contribution in [1.29, 1.82) is 0 Å². The van der Waals surface area contributed by atoms with E-state index in [1.54, 1.807) is 25.2 Å². The topological polar surface area (TPSA) is 98.6 Å². The van der Waals surface area contributed by atoms with Gasteiger partial charge in [-0.15, -0.1) is 10.2 Å². The first-order valence-electron chi connectivity index (χ1n) is 8.13. The Kier molecular flexibility index (Phi) is 4.79. The molecule has 0 aliphatic carbocycles. The zero-order chi connectivity index (χ0) is 18.8. The maximum absolute atomic E-state index is 13.2. The van der Waals surface area contributed by atoms with Gasteiger partial charge in [0, 0.05) is 13.1 Å². The van der Waals surface area contributed by atoms with Crippen LogP contribution in [-0.4, -0.2) is 58.8 Å². The van der Waals surface area contributed by atoms with Gasteiger partial charge in [-0.2, -0.15) is 0 Å². The third kappa shape index (κ3) is 2.96. The molecule has 2 aromatic rings. The summed E-state index contributed by atoms with van der Waals surface area (Å²) >= 11 is 0. The Morgan fingerprint density at radius 1 is 1.23 bits per heavy atom. The van der Waals surface area contributed by atoms with Gasteiger partial charge in [-0.25, -0.2) is 0 Å². The van der Waals surface area contributed by atoms with E-state index >= 15 is 0 Å². The van der Waals surface area contributed by atoms with Crippen molar-refractivity contribution in [3.8, 4) is 11.5 Å². The zero-order valence-corrected chi connectivity index (χ0v) is 15.1. The van der Waals surface area contributed by atoms with Crippen LogP contribution in [0.25, 0.3) is 0 Å². The molecule has 1 unspecified atom stereocenters. The summed E-state index contributed by atoms with van der Waals surface area (Å²) in [5.74, 6) is 1.75. The highest BCUT2D eigenvalue weighted by atomic mass is 16.5. The highest BCUT2D eigenvalue weighted by molar-refractivity contribution is 6.00. The standard InChI is InChI=1S/C17H21N5O4/c1-10-19-20-15-9-22(13(8-21(10)15)16(23)18-2)17(24)12-6-5-11(25-3)7-14(12)26-4/h5-7,13H,8-9H2,1-4H3,(H,18,23). The van der Waals surface area contributed by atoms with Gasteiger partial charge in [0.1, 0.15) is 23.4 Å². The van der Waals surface area contributed by atoms with Crippen molar-refractivity contribution in [1.82, 2.24) is 25.0 Å². The normalized spacial score (nSPS) is 16.0. The van der Waals surface area contributed by atoms with Gasteiger partial charge in [0.25, 0.3) is 5.91 Å². The lowest BCUT2D eigenvalue weighted by Crippen LogP contribution is -2.53. The number of rotatable bonds is 4. The fourth-order valence-corrected chi connectivity index (χ4v) is 3.05. The molecule has 138 valence electrons. The second-order valence-electron chi connectivity index (χ2n) is 5.90. The van der Waals surface area contributed by atoms with Crippen LogP contribution in [0.5, 0.6) is 11.5 Å². The highest BCUT2D eigenvalue weighted by Crippen LogP contribution is 2.28. The van der Waals surface area contributed by atoms with Crippen LogP contribution in [0.3, 0.4) is 0 Å². The fraction of sp³-hybridized carbons (Fsp3) is 0.412. The molecule has 0 fully saturated rings. The van der Waals surface area contributed by atoms with E-state index in [1.807, 2.05) is 11.5 Å². The molecule has 0 spiro atoms. The molecule has 3 rings (SSSR count). The molecule has 1 atom stereocenters. The lowest BCUT2D eigenvalue weighted by atomic mass is 10.1. The van der Waals surface area contributed by atoms with Crippen LogP contribution < -0.4 is 14.8 Å². The monoisotopic (exact) mass is 359 g/mol. The first kappa shape index (κ1) is 17.7. The molecule has 1 aliphatic heterocycles. The third-order valence-electron chi connectivity index (χ3n) is 4.50. The van der Waals surface area contributed by atoms with Crippen LogP contribution in [0.1, 0.15) is 22.0 Å². The molecule has 1 aromatic carbocycles. The van der Waals surface area contributed by atoms with Gasteiger partial charge < -0.3 is 24.3 Å². The minimum Gasteiger partial charge on any atom is -0.497 e. The fourth-order valence-electron chi connectivity index (χ4n) is 3.05. The van der Waals surface area contributed by atoms with Crippen LogP contribution in [0.4, 0.5) is 0 Å². The number of nitrogens with one attached hydrogen (secondary N) is 1. The number of fused-ring (bicyclic) bond motifs is 1. The molecule has 2 amide bonds. The van der Waals surface area contributed by atoms with Crippen molar-refractivity contribution >= 4 is 11.8 Å². The molecular formula is C17H21N5O4. The van der Waals surface area contributed by atoms with Crippen LogP contribution in [-0.2, 0) is 17.9 Å². The summed E-state index contributed by atoms with van der Waals surface area (Å²) in [7, 11) is 4.57. The Hall–Kier alpha value is -3.10. The minimum absolute atomic E-state index is 0.187. The van der Waals surface area contributed by atoms with Crippen LogP contribution in [0.2, 0.25) is 0 Å². The molecule has 9 heteroatoms. The predicted molar refractivity (Wildman–Crippen MR) is 92.0 cm³/mol. The SMILES string of the molecule is CNC(=O)C1Cn2c(C)nnc2CN1C(=O)c1ccc(OC)cc1OC. The number of nitrogens with zero attached hydrogens (tertiary/aromatic N) is 4. The molecule has 2 heterocycles. The van der Waals surface area contributed by atoms with E-state index < -0.39 is 6.04 Å². The predicted octanol–water partition coefficient (Wildman–Crippen LogP) is 0.374. The number of methoxy groups -OCH3 is 2. The number of aromatic nitrogens is 3. The van der Waals surface area contributed by atoms with E-state index in [9.17, 15) is 9.59 Å². The second-order valence-corrected chi connectivity index (χ2v) is 5.90. The second kappa shape index (κ2) is 7.03. The van der Waals surface area contributed by atoms with E-state index in [1.165, 1.54) is 19.1 Å². The van der Waals surface area contributed by atoms with Crippen molar-refractivity contribution in [3.05, 3.63) is 35.4 Å². The molecule has 1 aromatic heterocycles. The summed E-state index contributed by atoms with van der Waals surface area (Å²) in [6.07, 6.45) is 0. The Balaban J connectivity index is 2.00. The van der Waals surface area contributed by atoms with E-state index in [2.05, 4.69) is 15.5 Å². The van der Waals surface area contributed by atoms with Gasteiger partial charge in [-0.05, 0) is 19.1 Å². The summed E-state index contributed by atoms with van der Waals surface area (Å²) in [4.78, 5) is 27.1. The third-order valence-corrected chi connectivity index (χ3v) is 4.50. The number of amides is 2. The average Bonchev–Trinajstić information content (AvgIpc) is 3.05. The molecule has 9 nitrogen and oxygen atoms in total. The number of carbonyl (C=O) groups excluding carboxylic acids is 2. The van der Waals surface area contributed by atoms with Crippen molar-refractivity contribution in [2.45, 2.75) is 26.1 Å². The number of aryl methyl sites for hydroxylation is 1. The first-order chi connectivity index (χ1) is 12.5. The summed E-state index contributed by atoms with van der Waals surface area (Å²) < 4.78 is 12.4. The average molecular weight is 359 g/mol. The van der Waals surface area contributed by atoms with E-state index in [-0.39, 0.29) is 18.4 Å². The molecule has 1 N–H and O–H groups in total. The number of hydrogen-bond acceptors (Lipinski definition) is 6. The maximum Gasteiger partial charge on any atom is 0.258 e. The lowest BCUT2D eigenvalue weighted by molar-refractivity contribution is -0.126. The van der Waals surface area contributed by atoms with Crippen LogP contribution in [0, 0.1) is 6.92 Å². The van der Waals surface area contributed by atoms with Gasteiger partial charge in [-0.3, -0.25) is 9.59 Å². The Bertz CT molecular complexity index is 848. The molecule has 0 bridgehead atoms. The van der Waals surface area contributed by atoms with E-state index in [0.29, 0.717) is 35.3 Å². The molecule has 0 saturated carbocycles.